The highest BCUT2D eigenvalue weighted by atomic mass is 15.2. The van der Waals surface area contributed by atoms with Gasteiger partial charge in [0.1, 0.15) is 0 Å². The Hall–Kier alpha value is -1.49. The van der Waals surface area contributed by atoms with Crippen LogP contribution in [0.1, 0.15) is 32.3 Å². The summed E-state index contributed by atoms with van der Waals surface area (Å²) in [5.41, 5.74) is 2.80. The van der Waals surface area contributed by atoms with Crippen molar-refractivity contribution in [1.29, 1.82) is 5.26 Å². The lowest BCUT2D eigenvalue weighted by molar-refractivity contribution is 0.476. The van der Waals surface area contributed by atoms with Gasteiger partial charge in [-0.05, 0) is 44.7 Å². The molecule has 0 bridgehead atoms. The summed E-state index contributed by atoms with van der Waals surface area (Å²) in [6.07, 6.45) is 1.78. The molecule has 0 saturated carbocycles. The summed E-state index contributed by atoms with van der Waals surface area (Å²) in [5.74, 6) is 0.509. The fraction of sp³-hybridized carbons (Fsp3) is 0.533. The van der Waals surface area contributed by atoms with Crippen LogP contribution in [0.5, 0.6) is 0 Å². The molecule has 1 unspecified atom stereocenters. The molecular weight excluding hydrogens is 208 g/mol. The lowest BCUT2D eigenvalue weighted by Crippen LogP contribution is -2.38. The number of aryl methyl sites for hydroxylation is 1. The van der Waals surface area contributed by atoms with Crippen molar-refractivity contribution in [1.82, 2.24) is 0 Å². The van der Waals surface area contributed by atoms with E-state index in [4.69, 9.17) is 5.26 Å². The van der Waals surface area contributed by atoms with Gasteiger partial charge in [0.2, 0.25) is 0 Å². The molecule has 1 aliphatic rings. The summed E-state index contributed by atoms with van der Waals surface area (Å²) in [7, 11) is 0. The molecule has 0 radical (unpaired) electrons. The largest absolute Gasteiger partial charge is 0.366 e. The van der Waals surface area contributed by atoms with Gasteiger partial charge in [0.15, 0.2) is 0 Å². The first kappa shape index (κ1) is 12.0. The Morgan fingerprint density at radius 3 is 2.76 bits per heavy atom. The van der Waals surface area contributed by atoms with Gasteiger partial charge in [-0.15, -0.1) is 0 Å². The highest BCUT2D eigenvalue weighted by molar-refractivity contribution is 5.56. The molecule has 17 heavy (non-hydrogen) atoms. The molecule has 1 atom stereocenters. The first-order valence-corrected chi connectivity index (χ1v) is 6.25. The van der Waals surface area contributed by atoms with Gasteiger partial charge in [-0.2, -0.15) is 5.26 Å². The van der Waals surface area contributed by atoms with Crippen LogP contribution in [0.25, 0.3) is 0 Å². The molecule has 0 aromatic heterocycles. The SMILES string of the molecule is Cc1ccccc1N1CC(CC#N)CC1(C)C. The topological polar surface area (TPSA) is 27.0 Å². The third kappa shape index (κ3) is 2.29. The molecule has 1 fully saturated rings. The van der Waals surface area contributed by atoms with Crippen LogP contribution in [0.2, 0.25) is 0 Å². The third-order valence-electron chi connectivity index (χ3n) is 3.75. The molecule has 0 aliphatic carbocycles. The number of rotatable bonds is 2. The van der Waals surface area contributed by atoms with E-state index in [1.807, 2.05) is 0 Å². The number of hydrogen-bond donors (Lipinski definition) is 0. The lowest BCUT2D eigenvalue weighted by atomic mass is 9.94. The standard InChI is InChI=1S/C15H20N2/c1-12-6-4-5-7-14(12)17-11-13(8-9-16)10-15(17,2)3/h4-7,13H,8,10-11H2,1-3H3. The zero-order valence-electron chi connectivity index (χ0n) is 10.9. The van der Waals surface area contributed by atoms with E-state index in [0.717, 1.165) is 13.0 Å². The first-order valence-electron chi connectivity index (χ1n) is 6.25. The van der Waals surface area contributed by atoms with E-state index in [2.05, 4.69) is 56.0 Å². The molecule has 0 N–H and O–H groups in total. The van der Waals surface area contributed by atoms with Gasteiger partial charge in [-0.3, -0.25) is 0 Å². The fourth-order valence-corrected chi connectivity index (χ4v) is 2.94. The quantitative estimate of drug-likeness (QED) is 0.774. The van der Waals surface area contributed by atoms with Crippen molar-refractivity contribution in [3.05, 3.63) is 29.8 Å². The summed E-state index contributed by atoms with van der Waals surface area (Å²) in [6.45, 7) is 7.71. The number of nitriles is 1. The smallest absolute Gasteiger partial charge is 0.0625 e. The monoisotopic (exact) mass is 228 g/mol. The van der Waals surface area contributed by atoms with Gasteiger partial charge in [0.25, 0.3) is 0 Å². The zero-order chi connectivity index (χ0) is 12.5. The summed E-state index contributed by atoms with van der Waals surface area (Å²) < 4.78 is 0. The Bertz CT molecular complexity index is 442. The van der Waals surface area contributed by atoms with Crippen molar-refractivity contribution in [3.8, 4) is 6.07 Å². The van der Waals surface area contributed by atoms with Gasteiger partial charge >= 0.3 is 0 Å². The average Bonchev–Trinajstić information content (AvgIpc) is 2.55. The Morgan fingerprint density at radius 1 is 1.41 bits per heavy atom. The predicted molar refractivity (Wildman–Crippen MR) is 70.9 cm³/mol. The van der Waals surface area contributed by atoms with Crippen molar-refractivity contribution in [3.63, 3.8) is 0 Å². The Morgan fingerprint density at radius 2 is 2.12 bits per heavy atom. The molecule has 1 aromatic rings. The van der Waals surface area contributed by atoms with Crippen LogP contribution in [0.3, 0.4) is 0 Å². The van der Waals surface area contributed by atoms with E-state index < -0.39 is 0 Å². The Balaban J connectivity index is 2.28. The van der Waals surface area contributed by atoms with E-state index in [1.54, 1.807) is 0 Å². The van der Waals surface area contributed by atoms with Crippen LogP contribution < -0.4 is 4.90 Å². The minimum Gasteiger partial charge on any atom is -0.366 e. The van der Waals surface area contributed by atoms with Gasteiger partial charge in [0.05, 0.1) is 6.07 Å². The van der Waals surface area contributed by atoms with Gasteiger partial charge in [0, 0.05) is 24.2 Å². The second kappa shape index (κ2) is 4.41. The molecule has 2 rings (SSSR count). The summed E-state index contributed by atoms with van der Waals surface area (Å²) in [6, 6.07) is 10.8. The maximum Gasteiger partial charge on any atom is 0.0625 e. The van der Waals surface area contributed by atoms with E-state index in [-0.39, 0.29) is 5.54 Å². The number of anilines is 1. The van der Waals surface area contributed by atoms with Gasteiger partial charge in [-0.1, -0.05) is 18.2 Å². The van der Waals surface area contributed by atoms with Gasteiger partial charge in [-0.25, -0.2) is 0 Å². The molecule has 0 amide bonds. The lowest BCUT2D eigenvalue weighted by Gasteiger charge is -2.34. The summed E-state index contributed by atoms with van der Waals surface area (Å²) in [5, 5.41) is 8.84. The molecule has 2 nitrogen and oxygen atoms in total. The average molecular weight is 228 g/mol. The van der Waals surface area contributed by atoms with Crippen LogP contribution in [0, 0.1) is 24.2 Å². The highest BCUT2D eigenvalue weighted by Crippen LogP contribution is 2.39. The third-order valence-corrected chi connectivity index (χ3v) is 3.75. The van der Waals surface area contributed by atoms with Crippen molar-refractivity contribution in [2.75, 3.05) is 11.4 Å². The normalized spacial score (nSPS) is 22.5. The second-order valence-corrected chi connectivity index (χ2v) is 5.64. The molecule has 1 saturated heterocycles. The Kier molecular flexibility index (Phi) is 3.11. The number of benzene rings is 1. The molecule has 2 heteroatoms. The summed E-state index contributed by atoms with van der Waals surface area (Å²) >= 11 is 0. The number of para-hydroxylation sites is 1. The fourth-order valence-electron chi connectivity index (χ4n) is 2.94. The van der Waals surface area contributed by atoms with Gasteiger partial charge < -0.3 is 4.90 Å². The van der Waals surface area contributed by atoms with Crippen molar-refractivity contribution < 1.29 is 0 Å². The second-order valence-electron chi connectivity index (χ2n) is 5.64. The van der Waals surface area contributed by atoms with Crippen LogP contribution in [0.4, 0.5) is 5.69 Å². The molecular formula is C15H20N2. The molecule has 0 spiro atoms. The van der Waals surface area contributed by atoms with Crippen LogP contribution in [-0.4, -0.2) is 12.1 Å². The first-order chi connectivity index (χ1) is 8.04. The molecule has 1 heterocycles. The van der Waals surface area contributed by atoms with E-state index in [9.17, 15) is 0 Å². The van der Waals surface area contributed by atoms with E-state index in [1.165, 1.54) is 11.3 Å². The number of nitrogens with zero attached hydrogens (tertiary/aromatic N) is 2. The van der Waals surface area contributed by atoms with Crippen molar-refractivity contribution in [2.45, 2.75) is 39.2 Å². The zero-order valence-corrected chi connectivity index (χ0v) is 10.9. The minimum atomic E-state index is 0.160. The maximum atomic E-state index is 8.84. The maximum absolute atomic E-state index is 8.84. The van der Waals surface area contributed by atoms with E-state index in [0.29, 0.717) is 12.3 Å². The van der Waals surface area contributed by atoms with E-state index >= 15 is 0 Å². The van der Waals surface area contributed by atoms with Crippen LogP contribution in [-0.2, 0) is 0 Å². The van der Waals surface area contributed by atoms with Crippen molar-refractivity contribution in [2.24, 2.45) is 5.92 Å². The molecule has 90 valence electrons. The highest BCUT2D eigenvalue weighted by Gasteiger charge is 2.38. The van der Waals surface area contributed by atoms with Crippen LogP contribution in [0.15, 0.2) is 24.3 Å². The Labute approximate surface area is 104 Å². The molecule has 1 aromatic carbocycles. The van der Waals surface area contributed by atoms with Crippen molar-refractivity contribution >= 4 is 5.69 Å². The predicted octanol–water partition coefficient (Wildman–Crippen LogP) is 3.51. The number of hydrogen-bond acceptors (Lipinski definition) is 2. The van der Waals surface area contributed by atoms with Crippen LogP contribution >= 0.6 is 0 Å². The summed E-state index contributed by atoms with van der Waals surface area (Å²) in [4.78, 5) is 2.46. The minimum absolute atomic E-state index is 0.160. The molecule has 1 aliphatic heterocycles.